The summed E-state index contributed by atoms with van der Waals surface area (Å²) < 4.78 is 21.1. The zero-order valence-corrected chi connectivity index (χ0v) is 53.5. The zero-order valence-electron chi connectivity index (χ0n) is 50.4. The number of nitrogens with one attached hydrogen (secondary N) is 7. The summed E-state index contributed by atoms with van der Waals surface area (Å²) in [6, 6.07) is 34.7. The van der Waals surface area contributed by atoms with Crippen LogP contribution in [0, 0.1) is 23.2 Å². The fourth-order valence-corrected chi connectivity index (χ4v) is 9.39. The number of benzene rings is 6. The smallest absolute Gasteiger partial charge is 0.335 e. The number of nitrogens with zero attached hydrogens (tertiary/aromatic N) is 6. The second-order valence-corrected chi connectivity index (χ2v) is 21.7. The lowest BCUT2D eigenvalue weighted by atomic mass is 10.0. The van der Waals surface area contributed by atoms with Crippen molar-refractivity contribution in [1.82, 2.24) is 29.3 Å². The number of aromatic hydroxyl groups is 1. The van der Waals surface area contributed by atoms with E-state index in [0.717, 1.165) is 22.3 Å². The molecular weight excluding hydrogens is 1260 g/mol. The van der Waals surface area contributed by atoms with Crippen LogP contribution in [0.5, 0.6) is 5.75 Å². The molecule has 92 heavy (non-hydrogen) atoms. The molecule has 0 spiro atoms. The highest BCUT2D eigenvalue weighted by Crippen LogP contribution is 2.29. The second kappa shape index (κ2) is 32.7. The number of hydrogen-bond donors (Lipinski definition) is 8. The molecule has 0 fully saturated rings. The molecule has 0 saturated carbocycles. The van der Waals surface area contributed by atoms with Crippen molar-refractivity contribution in [2.24, 2.45) is 21.1 Å². The molecule has 472 valence electrons. The van der Waals surface area contributed by atoms with E-state index in [4.69, 9.17) is 59.4 Å². The third-order valence-corrected chi connectivity index (χ3v) is 14.6. The summed E-state index contributed by atoms with van der Waals surface area (Å²) in [4.78, 5) is 87.4. The number of Topliss-reactive ketones (excluding diaryl/α,β-unsaturated/α-hetero) is 3. The Hall–Kier alpha value is -10.7. The van der Waals surface area contributed by atoms with Crippen LogP contribution in [0.25, 0.3) is 0 Å². The van der Waals surface area contributed by atoms with E-state index < -0.39 is 23.4 Å². The van der Waals surface area contributed by atoms with Crippen molar-refractivity contribution in [2.75, 3.05) is 21.3 Å². The van der Waals surface area contributed by atoms with Crippen LogP contribution in [0.3, 0.4) is 0 Å². The lowest BCUT2D eigenvalue weighted by Gasteiger charge is -2.11. The maximum absolute atomic E-state index is 12.9. The van der Waals surface area contributed by atoms with E-state index in [0.29, 0.717) is 95.0 Å². The Morgan fingerprint density at radius 3 is 1.09 bits per heavy atom. The van der Waals surface area contributed by atoms with Crippen LogP contribution in [-0.2, 0) is 56.8 Å². The fourth-order valence-electron chi connectivity index (χ4n) is 8.82. The number of aryl methyl sites for hydroxylation is 4. The van der Waals surface area contributed by atoms with E-state index in [2.05, 4.69) is 36.6 Å². The van der Waals surface area contributed by atoms with Gasteiger partial charge in [0.1, 0.15) is 5.75 Å². The van der Waals surface area contributed by atoms with Gasteiger partial charge >= 0.3 is 11.6 Å². The molecule has 0 aliphatic heterocycles. The molecule has 23 nitrogen and oxygen atoms in total. The van der Waals surface area contributed by atoms with Gasteiger partial charge in [0.2, 0.25) is 6.41 Å². The molecular formula is C65H60Cl3N13O10S. The van der Waals surface area contributed by atoms with Crippen LogP contribution in [0.15, 0.2) is 146 Å². The van der Waals surface area contributed by atoms with Crippen LogP contribution >= 0.6 is 34.8 Å². The molecule has 8 N–H and O–H groups in total. The van der Waals surface area contributed by atoms with Gasteiger partial charge in [0.25, 0.3) is 17.7 Å². The number of phenols is 1. The molecule has 6 aromatic carbocycles. The van der Waals surface area contributed by atoms with Gasteiger partial charge in [0.15, 0.2) is 17.3 Å². The molecule has 0 atom stereocenters. The number of ketones is 3. The number of anilines is 4. The average molecular weight is 1320 g/mol. The summed E-state index contributed by atoms with van der Waals surface area (Å²) in [5, 5.41) is 57.2. The van der Waals surface area contributed by atoms with E-state index in [-0.39, 0.29) is 65.1 Å². The quantitative estimate of drug-likeness (QED) is 0.0152. The number of carbonyl (C=O) groups is 7. The molecule has 0 unspecified atom stereocenters. The molecule has 0 saturated heterocycles. The minimum absolute atomic E-state index is 0.0191. The molecule has 9 rings (SSSR count). The zero-order chi connectivity index (χ0) is 67.5. The van der Waals surface area contributed by atoms with Gasteiger partial charge < -0.3 is 42.6 Å². The normalized spacial score (nSPS) is 10.3. The third-order valence-electron chi connectivity index (χ3n) is 13.9. The average Bonchev–Trinajstić information content (AvgIpc) is 1.70. The summed E-state index contributed by atoms with van der Waals surface area (Å²) in [6.45, 7) is 6.90. The van der Waals surface area contributed by atoms with Crippen LogP contribution in [0.4, 0.5) is 22.7 Å². The van der Waals surface area contributed by atoms with E-state index in [9.17, 15) is 38.7 Å². The summed E-state index contributed by atoms with van der Waals surface area (Å²) in [5.74, 6) is -1.93. The van der Waals surface area contributed by atoms with Gasteiger partial charge in [-0.3, -0.25) is 47.6 Å². The Balaban J connectivity index is 0.000000214. The number of phenolic OH excluding ortho intramolecular Hbond substituents is 1. The Kier molecular flexibility index (Phi) is 25.0. The maximum atomic E-state index is 12.9. The number of rotatable bonds is 20. The van der Waals surface area contributed by atoms with Gasteiger partial charge in [-0.2, -0.15) is 23.7 Å². The molecule has 27 heteroatoms. The number of hydrogen-bond acceptors (Lipinski definition) is 16. The molecule has 3 heterocycles. The van der Waals surface area contributed by atoms with Gasteiger partial charge in [-0.1, -0.05) is 108 Å². The molecule has 9 aromatic rings. The summed E-state index contributed by atoms with van der Waals surface area (Å²) in [6.07, 6.45) is 4.72. The summed E-state index contributed by atoms with van der Waals surface area (Å²) in [7, 11) is 5.01. The molecule has 0 radical (unpaired) electrons. The van der Waals surface area contributed by atoms with E-state index in [1.165, 1.54) is 50.8 Å². The Labute approximate surface area is 546 Å². The van der Waals surface area contributed by atoms with Crippen LogP contribution in [0.1, 0.15) is 122 Å². The third kappa shape index (κ3) is 18.9. The molecule has 0 aliphatic rings. The SMILES string of the molecule is CC(=N)c1ccc(C(=O)Cc2c(C(=O)Nc3ccc(Cl)cc3C)cnn2C)cc1.CC(=N)c1ccc(C(=O)Cc2c(C(=O)Nc3ccc(Cl)cc3NC=O)cnn2C)cc1.CC(=N)c1ccc(C(=O)Cc2c(C(=O)Nc3ccc(Cl)cc3O)cnn2C)cc1.O=S=O. The van der Waals surface area contributed by atoms with Gasteiger partial charge in [-0.25, -0.2) is 0 Å². The first-order valence-corrected chi connectivity index (χ1v) is 29.2. The fraction of sp³-hybridized carbons (Fsp3) is 0.154. The topological polar surface area (TPSA) is 347 Å². The number of aromatic nitrogens is 6. The van der Waals surface area contributed by atoms with Gasteiger partial charge in [-0.15, -0.1) is 0 Å². The largest absolute Gasteiger partial charge is 0.506 e. The Morgan fingerprint density at radius 1 is 0.467 bits per heavy atom. The minimum atomic E-state index is -0.750. The molecule has 4 amide bonds. The first-order chi connectivity index (χ1) is 43.7. The first kappa shape index (κ1) is 70.4. The highest BCUT2D eigenvalue weighted by Gasteiger charge is 2.24. The monoisotopic (exact) mass is 1320 g/mol. The predicted octanol–water partition coefficient (Wildman–Crippen LogP) is 11.3. The summed E-state index contributed by atoms with van der Waals surface area (Å²) >= 11 is 17.0. The van der Waals surface area contributed by atoms with Gasteiger partial charge in [-0.05, 0) is 98.5 Å². The maximum Gasteiger partial charge on any atom is 0.335 e. The summed E-state index contributed by atoms with van der Waals surface area (Å²) in [5.41, 5.74) is 9.67. The van der Waals surface area contributed by atoms with Crippen LogP contribution in [-0.4, -0.2) is 101 Å². The highest BCUT2D eigenvalue weighted by molar-refractivity contribution is 7.51. The molecule has 3 aromatic heterocycles. The van der Waals surface area contributed by atoms with Crippen LogP contribution in [0.2, 0.25) is 15.1 Å². The van der Waals surface area contributed by atoms with Crippen LogP contribution < -0.4 is 21.3 Å². The highest BCUT2D eigenvalue weighted by atomic mass is 35.5. The van der Waals surface area contributed by atoms with E-state index in [1.54, 1.807) is 151 Å². The van der Waals surface area contributed by atoms with Crippen molar-refractivity contribution in [1.29, 1.82) is 16.2 Å². The van der Waals surface area contributed by atoms with Crippen molar-refractivity contribution in [2.45, 2.75) is 47.0 Å². The van der Waals surface area contributed by atoms with Gasteiger partial charge in [0.05, 0.1) is 88.7 Å². The number of amides is 4. The lowest BCUT2D eigenvalue weighted by molar-refractivity contribution is -0.105. The van der Waals surface area contributed by atoms with Crippen molar-refractivity contribution in [3.8, 4) is 5.75 Å². The van der Waals surface area contributed by atoms with Crippen molar-refractivity contribution in [3.05, 3.63) is 234 Å². The van der Waals surface area contributed by atoms with E-state index >= 15 is 0 Å². The molecule has 0 aliphatic carbocycles. The standard InChI is InChI=1S/C22H20ClN5O3.C22H21ClN4O2.C21H19ClN4O3.O2S/c1-13(24)14-3-5-15(6-4-14)21(30)10-20-17(11-26-28(20)2)22(31)27-18-8-7-16(23)9-19(18)25-12-29;1-13-10-17(23)8-9-19(13)26-22(29)18-12-25-27(3)20(18)11-21(28)16-6-4-15(5-7-16)14(2)24;1-12(23)13-3-5-14(6-4-13)19(27)10-18-16(11-24-26(18)2)21(29)25-17-8-7-15(22)9-20(17)28;1-3-2/h3-9,11-12,24H,10H2,1-2H3,(H,25,29)(H,27,31);4-10,12,24H,11H2,1-3H3,(H,26,29);3-9,11,23,28H,10H2,1-2H3,(H,25,29);. The van der Waals surface area contributed by atoms with Crippen molar-refractivity contribution in [3.63, 3.8) is 0 Å². The van der Waals surface area contributed by atoms with Crippen molar-refractivity contribution >= 4 is 128 Å². The minimum Gasteiger partial charge on any atom is -0.506 e. The van der Waals surface area contributed by atoms with Gasteiger partial charge in [0, 0.05) is 81.8 Å². The predicted molar refractivity (Wildman–Crippen MR) is 354 cm³/mol. The number of halogens is 3. The lowest BCUT2D eigenvalue weighted by Crippen LogP contribution is -2.17. The number of carbonyl (C=O) groups excluding carboxylic acids is 7. The Bertz CT molecular complexity index is 4170. The second-order valence-electron chi connectivity index (χ2n) is 20.3. The van der Waals surface area contributed by atoms with Crippen molar-refractivity contribution < 1.29 is 47.1 Å². The van der Waals surface area contributed by atoms with E-state index in [1.807, 2.05) is 6.92 Å². The Morgan fingerprint density at radius 2 is 0.761 bits per heavy atom. The molecule has 0 bridgehead atoms. The first-order valence-electron chi connectivity index (χ1n) is 27.4.